The highest BCUT2D eigenvalue weighted by atomic mass is 32.1. The number of hydrogen-bond acceptors (Lipinski definition) is 3. The van der Waals surface area contributed by atoms with E-state index in [1.165, 1.54) is 10.1 Å². The Balaban J connectivity index is 2.10. The molecule has 1 N–H and O–H groups in total. The Labute approximate surface area is 105 Å². The maximum absolute atomic E-state index is 10.9. The highest BCUT2D eigenvalue weighted by Gasteiger charge is 2.36. The van der Waals surface area contributed by atoms with Gasteiger partial charge in [-0.15, -0.1) is 11.3 Å². The van der Waals surface area contributed by atoms with Gasteiger partial charge in [-0.2, -0.15) is 0 Å². The summed E-state index contributed by atoms with van der Waals surface area (Å²) in [7, 11) is 0. The summed E-state index contributed by atoms with van der Waals surface area (Å²) in [5.74, 6) is 0. The number of aliphatic hydroxyl groups is 1. The summed E-state index contributed by atoms with van der Waals surface area (Å²) in [6.45, 7) is 2.66. The fraction of sp³-hybridized carbons (Fsp3) is 0.429. The predicted octanol–water partition coefficient (Wildman–Crippen LogP) is 3.29. The van der Waals surface area contributed by atoms with Crippen LogP contribution in [0.5, 0.6) is 0 Å². The maximum atomic E-state index is 10.9. The molecule has 0 spiro atoms. The standard InChI is InChI=1S/C14H16O2S/c1-10-9-14(15,6-7-16-10)12-4-2-3-11-5-8-17-13(11)12/h2-5,8,10,15H,6-7,9H2,1H3. The molecule has 1 aromatic carbocycles. The fourth-order valence-electron chi connectivity index (χ4n) is 2.67. The summed E-state index contributed by atoms with van der Waals surface area (Å²) in [6.07, 6.45) is 1.50. The zero-order valence-electron chi connectivity index (χ0n) is 9.85. The molecule has 0 amide bonds. The molecular formula is C14H16O2S. The van der Waals surface area contributed by atoms with Crippen molar-refractivity contribution in [2.24, 2.45) is 0 Å². The van der Waals surface area contributed by atoms with E-state index < -0.39 is 5.60 Å². The first-order valence-corrected chi connectivity index (χ1v) is 6.88. The van der Waals surface area contributed by atoms with Gasteiger partial charge in [0.15, 0.2) is 0 Å². The monoisotopic (exact) mass is 248 g/mol. The summed E-state index contributed by atoms with van der Waals surface area (Å²) in [6, 6.07) is 8.29. The molecule has 0 saturated carbocycles. The van der Waals surface area contributed by atoms with Crippen LogP contribution in [-0.2, 0) is 10.3 Å². The van der Waals surface area contributed by atoms with Gasteiger partial charge in [-0.25, -0.2) is 0 Å². The summed E-state index contributed by atoms with van der Waals surface area (Å²) in [5, 5.41) is 14.2. The van der Waals surface area contributed by atoms with E-state index in [0.717, 1.165) is 5.56 Å². The first-order chi connectivity index (χ1) is 8.19. The van der Waals surface area contributed by atoms with Crippen molar-refractivity contribution < 1.29 is 9.84 Å². The fourth-order valence-corrected chi connectivity index (χ4v) is 3.68. The van der Waals surface area contributed by atoms with E-state index in [9.17, 15) is 5.11 Å². The van der Waals surface area contributed by atoms with Gasteiger partial charge in [-0.05, 0) is 23.8 Å². The molecule has 1 aliphatic heterocycles. The van der Waals surface area contributed by atoms with E-state index in [0.29, 0.717) is 19.4 Å². The largest absolute Gasteiger partial charge is 0.385 e. The van der Waals surface area contributed by atoms with E-state index in [1.54, 1.807) is 11.3 Å². The molecule has 3 rings (SSSR count). The Morgan fingerprint density at radius 3 is 3.12 bits per heavy atom. The third-order valence-corrected chi connectivity index (χ3v) is 4.49. The summed E-state index contributed by atoms with van der Waals surface area (Å²) in [5.41, 5.74) is 0.349. The maximum Gasteiger partial charge on any atom is 0.0956 e. The molecule has 1 saturated heterocycles. The molecule has 0 radical (unpaired) electrons. The van der Waals surface area contributed by atoms with E-state index in [1.807, 2.05) is 13.0 Å². The van der Waals surface area contributed by atoms with Gasteiger partial charge in [0.05, 0.1) is 18.3 Å². The first-order valence-electron chi connectivity index (χ1n) is 6.00. The Morgan fingerprint density at radius 2 is 2.29 bits per heavy atom. The third kappa shape index (κ3) is 1.88. The van der Waals surface area contributed by atoms with Crippen LogP contribution in [0.2, 0.25) is 0 Å². The molecule has 1 aliphatic rings. The molecule has 3 heteroatoms. The second-order valence-corrected chi connectivity index (χ2v) is 5.73. The lowest BCUT2D eigenvalue weighted by atomic mass is 9.83. The lowest BCUT2D eigenvalue weighted by molar-refractivity contribution is -0.100. The minimum atomic E-state index is -0.720. The van der Waals surface area contributed by atoms with Crippen LogP contribution in [0.3, 0.4) is 0 Å². The van der Waals surface area contributed by atoms with Crippen LogP contribution in [-0.4, -0.2) is 17.8 Å². The molecule has 2 aromatic rings. The van der Waals surface area contributed by atoms with Gasteiger partial charge in [0.1, 0.15) is 0 Å². The SMILES string of the molecule is CC1CC(O)(c2cccc3ccsc23)CCO1. The molecular weight excluding hydrogens is 232 g/mol. The number of fused-ring (bicyclic) bond motifs is 1. The van der Waals surface area contributed by atoms with E-state index in [2.05, 4.69) is 23.6 Å². The Morgan fingerprint density at radius 1 is 1.41 bits per heavy atom. The quantitative estimate of drug-likeness (QED) is 0.839. The molecule has 2 heterocycles. The van der Waals surface area contributed by atoms with Gasteiger partial charge >= 0.3 is 0 Å². The van der Waals surface area contributed by atoms with Crippen molar-refractivity contribution in [3.05, 3.63) is 35.2 Å². The molecule has 1 fully saturated rings. The predicted molar refractivity (Wildman–Crippen MR) is 70.4 cm³/mol. The zero-order chi connectivity index (χ0) is 11.9. The van der Waals surface area contributed by atoms with Crippen LogP contribution >= 0.6 is 11.3 Å². The first kappa shape index (κ1) is 11.2. The number of benzene rings is 1. The van der Waals surface area contributed by atoms with Crippen LogP contribution in [0.25, 0.3) is 10.1 Å². The molecule has 2 nitrogen and oxygen atoms in total. The summed E-state index contributed by atoms with van der Waals surface area (Å²) in [4.78, 5) is 0. The van der Waals surface area contributed by atoms with Crippen molar-refractivity contribution in [1.29, 1.82) is 0 Å². The molecule has 17 heavy (non-hydrogen) atoms. The minimum Gasteiger partial charge on any atom is -0.385 e. The number of hydrogen-bond donors (Lipinski definition) is 1. The molecule has 2 unspecified atom stereocenters. The zero-order valence-corrected chi connectivity index (χ0v) is 10.7. The second-order valence-electron chi connectivity index (χ2n) is 4.81. The summed E-state index contributed by atoms with van der Waals surface area (Å²) >= 11 is 1.71. The van der Waals surface area contributed by atoms with E-state index in [-0.39, 0.29) is 6.10 Å². The summed E-state index contributed by atoms with van der Waals surface area (Å²) < 4.78 is 6.74. The van der Waals surface area contributed by atoms with Crippen LogP contribution < -0.4 is 0 Å². The van der Waals surface area contributed by atoms with Gasteiger partial charge in [-0.1, -0.05) is 18.2 Å². The van der Waals surface area contributed by atoms with Gasteiger partial charge in [-0.3, -0.25) is 0 Å². The third-order valence-electron chi connectivity index (χ3n) is 3.52. The van der Waals surface area contributed by atoms with Gasteiger partial charge < -0.3 is 9.84 Å². The van der Waals surface area contributed by atoms with Crippen molar-refractivity contribution in [1.82, 2.24) is 0 Å². The molecule has 2 atom stereocenters. The van der Waals surface area contributed by atoms with Crippen LogP contribution in [0.1, 0.15) is 25.3 Å². The van der Waals surface area contributed by atoms with Gasteiger partial charge in [0, 0.05) is 23.1 Å². The van der Waals surface area contributed by atoms with Crippen LogP contribution in [0.4, 0.5) is 0 Å². The van der Waals surface area contributed by atoms with Crippen molar-refractivity contribution in [2.45, 2.75) is 31.5 Å². The Hall–Kier alpha value is -0.900. The van der Waals surface area contributed by atoms with Crippen molar-refractivity contribution >= 4 is 21.4 Å². The smallest absolute Gasteiger partial charge is 0.0956 e. The minimum absolute atomic E-state index is 0.129. The number of ether oxygens (including phenoxy) is 1. The number of rotatable bonds is 1. The van der Waals surface area contributed by atoms with Crippen LogP contribution in [0, 0.1) is 0 Å². The number of thiophene rings is 1. The van der Waals surface area contributed by atoms with Gasteiger partial charge in [0.25, 0.3) is 0 Å². The normalized spacial score (nSPS) is 29.6. The second kappa shape index (κ2) is 4.09. The molecule has 90 valence electrons. The van der Waals surface area contributed by atoms with Crippen molar-refractivity contribution in [2.75, 3.05) is 6.61 Å². The average molecular weight is 248 g/mol. The Bertz CT molecular complexity index is 534. The lowest BCUT2D eigenvalue weighted by Crippen LogP contribution is -2.37. The molecule has 1 aromatic heterocycles. The van der Waals surface area contributed by atoms with Gasteiger partial charge in [0.2, 0.25) is 0 Å². The Kier molecular flexibility index (Phi) is 2.69. The lowest BCUT2D eigenvalue weighted by Gasteiger charge is -2.36. The van der Waals surface area contributed by atoms with Crippen molar-refractivity contribution in [3.8, 4) is 0 Å². The highest BCUT2D eigenvalue weighted by molar-refractivity contribution is 7.17. The average Bonchev–Trinajstić information content (AvgIpc) is 2.76. The molecule has 0 aliphatic carbocycles. The highest BCUT2D eigenvalue weighted by Crippen LogP contribution is 2.39. The van der Waals surface area contributed by atoms with E-state index >= 15 is 0 Å². The van der Waals surface area contributed by atoms with Crippen LogP contribution in [0.15, 0.2) is 29.6 Å². The van der Waals surface area contributed by atoms with Crippen molar-refractivity contribution in [3.63, 3.8) is 0 Å². The molecule has 0 bridgehead atoms. The topological polar surface area (TPSA) is 29.5 Å². The van der Waals surface area contributed by atoms with E-state index in [4.69, 9.17) is 4.74 Å².